The second-order valence-corrected chi connectivity index (χ2v) is 12.4. The molecular formula is C36H43FO3. The molecule has 4 heteroatoms. The lowest BCUT2D eigenvalue weighted by Crippen LogP contribution is -2.48. The van der Waals surface area contributed by atoms with Gasteiger partial charge in [0, 0.05) is 6.61 Å². The van der Waals surface area contributed by atoms with E-state index in [4.69, 9.17) is 14.2 Å². The molecule has 0 heterocycles. The van der Waals surface area contributed by atoms with Gasteiger partial charge in [-0.3, -0.25) is 0 Å². The Bertz CT molecular complexity index is 1230. The molecular weight excluding hydrogens is 499 g/mol. The highest BCUT2D eigenvalue weighted by Crippen LogP contribution is 2.64. The van der Waals surface area contributed by atoms with Crippen LogP contribution in [-0.2, 0) is 29.1 Å². The van der Waals surface area contributed by atoms with Crippen molar-refractivity contribution in [3.63, 3.8) is 0 Å². The third kappa shape index (κ3) is 5.71. The number of rotatable bonds is 11. The van der Waals surface area contributed by atoms with Crippen LogP contribution in [0.5, 0.6) is 5.75 Å². The van der Waals surface area contributed by atoms with Crippen molar-refractivity contribution >= 4 is 0 Å². The number of halogens is 1. The number of hydrogen-bond donors (Lipinski definition) is 0. The van der Waals surface area contributed by atoms with E-state index in [0.29, 0.717) is 43.5 Å². The van der Waals surface area contributed by atoms with Gasteiger partial charge in [0.05, 0.1) is 19.3 Å². The molecule has 0 bridgehead atoms. The van der Waals surface area contributed by atoms with Crippen LogP contribution in [0.1, 0.15) is 67.2 Å². The molecule has 0 spiro atoms. The fourth-order valence-electron chi connectivity index (χ4n) is 8.37. The van der Waals surface area contributed by atoms with Crippen LogP contribution in [0.3, 0.4) is 0 Å². The molecule has 3 aromatic carbocycles. The molecule has 212 valence electrons. The van der Waals surface area contributed by atoms with Gasteiger partial charge in [0.25, 0.3) is 0 Å². The fourth-order valence-corrected chi connectivity index (χ4v) is 8.37. The quantitative estimate of drug-likeness (QED) is 0.228. The number of ether oxygens (including phenoxy) is 3. The summed E-state index contributed by atoms with van der Waals surface area (Å²) in [5, 5.41) is 0. The number of alkyl halides is 1. The van der Waals surface area contributed by atoms with Crippen LogP contribution in [0.15, 0.2) is 78.9 Å². The van der Waals surface area contributed by atoms with E-state index in [0.717, 1.165) is 31.4 Å². The van der Waals surface area contributed by atoms with E-state index in [1.807, 2.05) is 6.07 Å². The zero-order chi connectivity index (χ0) is 27.4. The molecule has 0 aromatic heterocycles. The van der Waals surface area contributed by atoms with Gasteiger partial charge in [0.15, 0.2) is 0 Å². The third-order valence-corrected chi connectivity index (χ3v) is 10.1. The SMILES string of the molecule is C[C@]12C[C@H](CCOCCF)[C@@H]3c4ccc(OCc5ccccc5)cc4CC[C@H]3[C@@H]1CCC2OCc1ccccc1. The van der Waals surface area contributed by atoms with Crippen molar-refractivity contribution in [2.24, 2.45) is 23.2 Å². The first-order chi connectivity index (χ1) is 19.7. The molecule has 3 aromatic rings. The topological polar surface area (TPSA) is 27.7 Å². The fraction of sp³-hybridized carbons (Fsp3) is 0.500. The highest BCUT2D eigenvalue weighted by Gasteiger charge is 2.58. The van der Waals surface area contributed by atoms with Gasteiger partial charge in [0.2, 0.25) is 0 Å². The third-order valence-electron chi connectivity index (χ3n) is 10.1. The van der Waals surface area contributed by atoms with Gasteiger partial charge >= 0.3 is 0 Å². The lowest BCUT2D eigenvalue weighted by atomic mass is 9.51. The maximum Gasteiger partial charge on any atom is 0.120 e. The zero-order valence-corrected chi connectivity index (χ0v) is 23.8. The zero-order valence-electron chi connectivity index (χ0n) is 23.8. The molecule has 0 amide bonds. The summed E-state index contributed by atoms with van der Waals surface area (Å²) in [7, 11) is 0. The van der Waals surface area contributed by atoms with E-state index >= 15 is 0 Å². The molecule has 40 heavy (non-hydrogen) atoms. The Morgan fingerprint density at radius 2 is 1.60 bits per heavy atom. The Morgan fingerprint density at radius 3 is 2.35 bits per heavy atom. The Morgan fingerprint density at radius 1 is 0.850 bits per heavy atom. The molecule has 3 aliphatic carbocycles. The monoisotopic (exact) mass is 542 g/mol. The first-order valence-corrected chi connectivity index (χ1v) is 15.2. The first kappa shape index (κ1) is 27.5. The molecule has 0 N–H and O–H groups in total. The Kier molecular flexibility index (Phi) is 8.55. The van der Waals surface area contributed by atoms with Crippen LogP contribution in [0, 0.1) is 23.2 Å². The lowest BCUT2D eigenvalue weighted by molar-refractivity contribution is -0.0900. The summed E-state index contributed by atoms with van der Waals surface area (Å²) in [5.41, 5.74) is 5.55. The molecule has 1 unspecified atom stereocenters. The minimum Gasteiger partial charge on any atom is -0.489 e. The molecule has 0 aliphatic heterocycles. The molecule has 3 nitrogen and oxygen atoms in total. The molecule has 0 saturated heterocycles. The van der Waals surface area contributed by atoms with Crippen molar-refractivity contribution in [2.45, 2.75) is 70.7 Å². The van der Waals surface area contributed by atoms with E-state index in [9.17, 15) is 4.39 Å². The second kappa shape index (κ2) is 12.4. The average Bonchev–Trinajstić information content (AvgIpc) is 3.33. The number of fused-ring (bicyclic) bond motifs is 5. The normalized spacial score (nSPS) is 28.9. The van der Waals surface area contributed by atoms with Gasteiger partial charge in [0.1, 0.15) is 19.0 Å². The first-order valence-electron chi connectivity index (χ1n) is 15.2. The molecule has 3 aliphatic rings. The second-order valence-electron chi connectivity index (χ2n) is 12.4. The number of hydrogen-bond acceptors (Lipinski definition) is 3. The lowest BCUT2D eigenvalue weighted by Gasteiger charge is -2.54. The van der Waals surface area contributed by atoms with E-state index in [-0.39, 0.29) is 18.1 Å². The van der Waals surface area contributed by atoms with Crippen LogP contribution in [0.2, 0.25) is 0 Å². The van der Waals surface area contributed by atoms with Gasteiger partial charge in [-0.1, -0.05) is 73.7 Å². The van der Waals surface area contributed by atoms with Crippen LogP contribution in [-0.4, -0.2) is 26.0 Å². The summed E-state index contributed by atoms with van der Waals surface area (Å²) in [4.78, 5) is 0. The summed E-state index contributed by atoms with van der Waals surface area (Å²) >= 11 is 0. The Balaban J connectivity index is 1.22. The van der Waals surface area contributed by atoms with E-state index in [1.165, 1.54) is 35.1 Å². The van der Waals surface area contributed by atoms with E-state index in [2.05, 4.69) is 79.7 Å². The van der Waals surface area contributed by atoms with Crippen molar-refractivity contribution in [1.82, 2.24) is 0 Å². The maximum absolute atomic E-state index is 12.8. The maximum atomic E-state index is 12.8. The predicted molar refractivity (Wildman–Crippen MR) is 157 cm³/mol. The molecule has 0 radical (unpaired) electrons. The molecule has 6 atom stereocenters. The molecule has 2 saturated carbocycles. The number of aryl methyl sites for hydroxylation is 1. The standard InChI is InChI=1S/C36H43FO3/c1-36-23-29(18-20-38-21-19-37)35-31-15-13-30(39-24-26-8-4-2-5-9-26)22-28(31)12-14-32(35)33(36)16-17-34(36)40-25-27-10-6-3-7-11-27/h2-11,13,15,22,29,32-35H,12,14,16-21,23-25H2,1H3/t29-,32-,33-,34?,35+,36-/m0/s1. The summed E-state index contributed by atoms with van der Waals surface area (Å²) in [6.45, 7) is 4.18. The van der Waals surface area contributed by atoms with Gasteiger partial charge in [-0.25, -0.2) is 4.39 Å². The van der Waals surface area contributed by atoms with Crippen LogP contribution >= 0.6 is 0 Å². The minimum absolute atomic E-state index is 0.164. The van der Waals surface area contributed by atoms with Crippen molar-refractivity contribution in [1.29, 1.82) is 0 Å². The minimum atomic E-state index is -0.416. The van der Waals surface area contributed by atoms with Crippen molar-refractivity contribution in [3.05, 3.63) is 101 Å². The average molecular weight is 543 g/mol. The highest BCUT2D eigenvalue weighted by molar-refractivity contribution is 5.41. The van der Waals surface area contributed by atoms with Gasteiger partial charge < -0.3 is 14.2 Å². The van der Waals surface area contributed by atoms with Crippen LogP contribution < -0.4 is 4.74 Å². The summed E-state index contributed by atoms with van der Waals surface area (Å²) < 4.78 is 31.4. The molecule has 2 fully saturated rings. The molecule has 6 rings (SSSR count). The largest absolute Gasteiger partial charge is 0.489 e. The van der Waals surface area contributed by atoms with Crippen LogP contribution in [0.4, 0.5) is 4.39 Å². The number of benzene rings is 3. The Labute approximate surface area is 239 Å². The predicted octanol–water partition coefficient (Wildman–Crippen LogP) is 8.31. The highest BCUT2D eigenvalue weighted by atomic mass is 19.1. The van der Waals surface area contributed by atoms with Crippen molar-refractivity contribution in [2.75, 3.05) is 19.9 Å². The summed E-state index contributed by atoms with van der Waals surface area (Å²) in [5.74, 6) is 3.30. The Hall–Kier alpha value is -2.69. The van der Waals surface area contributed by atoms with Gasteiger partial charge in [-0.05, 0) is 102 Å². The van der Waals surface area contributed by atoms with E-state index in [1.54, 1.807) is 0 Å². The summed E-state index contributed by atoms with van der Waals surface area (Å²) in [6, 6.07) is 27.7. The van der Waals surface area contributed by atoms with Crippen molar-refractivity contribution < 1.29 is 18.6 Å². The van der Waals surface area contributed by atoms with Crippen LogP contribution in [0.25, 0.3) is 0 Å². The van der Waals surface area contributed by atoms with Crippen molar-refractivity contribution in [3.8, 4) is 5.75 Å². The van der Waals surface area contributed by atoms with Gasteiger partial charge in [-0.15, -0.1) is 0 Å². The van der Waals surface area contributed by atoms with E-state index < -0.39 is 6.67 Å². The smallest absolute Gasteiger partial charge is 0.120 e. The summed E-state index contributed by atoms with van der Waals surface area (Å²) in [6.07, 6.45) is 7.10. The van der Waals surface area contributed by atoms with Gasteiger partial charge in [-0.2, -0.15) is 0 Å².